The van der Waals surface area contributed by atoms with Gasteiger partial charge in [-0.25, -0.2) is 0 Å². The number of amides is 1. The highest BCUT2D eigenvalue weighted by atomic mass is 16.5. The first kappa shape index (κ1) is 28.5. The second kappa shape index (κ2) is 16.6. The first-order valence-corrected chi connectivity index (χ1v) is 13.0. The van der Waals surface area contributed by atoms with Crippen molar-refractivity contribution in [2.24, 2.45) is 5.73 Å². The average molecular weight is 517 g/mol. The molecule has 37 heavy (non-hydrogen) atoms. The van der Waals surface area contributed by atoms with Crippen LogP contribution in [-0.4, -0.2) is 91.7 Å². The van der Waals surface area contributed by atoms with Crippen LogP contribution in [0.4, 0.5) is 17.8 Å². The van der Waals surface area contributed by atoms with Crippen LogP contribution in [0.15, 0.2) is 24.3 Å². The highest BCUT2D eigenvalue weighted by Gasteiger charge is 2.16. The molecule has 1 fully saturated rings. The van der Waals surface area contributed by atoms with Gasteiger partial charge in [0, 0.05) is 51.4 Å². The Balaban J connectivity index is 1.48. The van der Waals surface area contributed by atoms with Crippen LogP contribution in [-0.2, 0) is 16.0 Å². The SMILES string of the molecule is NCCOCCOCCNC(=O)c1ccc(CNc2nc(NCCCO)nc(N3CCCCC3)n2)cc1. The molecule has 3 rings (SSSR count). The lowest BCUT2D eigenvalue weighted by atomic mass is 10.1. The van der Waals surface area contributed by atoms with Crippen LogP contribution in [0.5, 0.6) is 0 Å². The van der Waals surface area contributed by atoms with Crippen molar-refractivity contribution in [1.82, 2.24) is 20.3 Å². The Hall–Kier alpha value is -3.06. The molecule has 0 aliphatic carbocycles. The molecule has 0 atom stereocenters. The standard InChI is InChI=1S/C25H40N8O4/c26-9-15-36-17-18-37-16-11-27-22(35)21-7-5-20(6-8-21)19-29-24-30-23(28-10-4-14-34)31-25(32-24)33-12-2-1-3-13-33/h5-8,34H,1-4,9-19,26H2,(H,27,35)(H2,28,29,30,31,32). The number of ether oxygens (including phenoxy) is 2. The Labute approximate surface area is 218 Å². The van der Waals surface area contributed by atoms with Gasteiger partial charge in [0.05, 0.1) is 26.4 Å². The number of carbonyl (C=O) groups excluding carboxylic acids is 1. The van der Waals surface area contributed by atoms with Gasteiger partial charge in [0.15, 0.2) is 0 Å². The van der Waals surface area contributed by atoms with Crippen molar-refractivity contribution in [2.75, 3.05) is 81.3 Å². The number of rotatable bonds is 17. The molecule has 2 heterocycles. The van der Waals surface area contributed by atoms with E-state index in [1.807, 2.05) is 12.1 Å². The highest BCUT2D eigenvalue weighted by Crippen LogP contribution is 2.19. The van der Waals surface area contributed by atoms with E-state index in [1.165, 1.54) is 6.42 Å². The maximum Gasteiger partial charge on any atom is 0.251 e. The van der Waals surface area contributed by atoms with Crippen molar-refractivity contribution < 1.29 is 19.4 Å². The second-order valence-corrected chi connectivity index (χ2v) is 8.65. The Morgan fingerprint density at radius 1 is 0.919 bits per heavy atom. The van der Waals surface area contributed by atoms with Crippen LogP contribution in [0.3, 0.4) is 0 Å². The summed E-state index contributed by atoms with van der Waals surface area (Å²) in [6.07, 6.45) is 4.09. The summed E-state index contributed by atoms with van der Waals surface area (Å²) < 4.78 is 10.6. The van der Waals surface area contributed by atoms with Gasteiger partial charge in [-0.3, -0.25) is 4.79 Å². The van der Waals surface area contributed by atoms with E-state index in [2.05, 4.69) is 35.8 Å². The Bertz CT molecular complexity index is 925. The summed E-state index contributed by atoms with van der Waals surface area (Å²) in [6, 6.07) is 7.39. The molecule has 0 unspecified atom stereocenters. The number of aromatic nitrogens is 3. The van der Waals surface area contributed by atoms with E-state index in [0.29, 0.717) is 82.4 Å². The van der Waals surface area contributed by atoms with E-state index in [0.717, 1.165) is 31.5 Å². The predicted molar refractivity (Wildman–Crippen MR) is 143 cm³/mol. The molecule has 0 saturated carbocycles. The van der Waals surface area contributed by atoms with Crippen molar-refractivity contribution in [3.05, 3.63) is 35.4 Å². The Morgan fingerprint density at radius 2 is 1.62 bits per heavy atom. The molecule has 6 N–H and O–H groups in total. The van der Waals surface area contributed by atoms with Crippen molar-refractivity contribution >= 4 is 23.8 Å². The minimum Gasteiger partial charge on any atom is -0.396 e. The van der Waals surface area contributed by atoms with E-state index in [9.17, 15) is 4.79 Å². The van der Waals surface area contributed by atoms with Gasteiger partial charge in [-0.2, -0.15) is 15.0 Å². The van der Waals surface area contributed by atoms with Crippen molar-refractivity contribution in [3.63, 3.8) is 0 Å². The van der Waals surface area contributed by atoms with E-state index in [-0.39, 0.29) is 12.5 Å². The molecular formula is C25H40N8O4. The lowest BCUT2D eigenvalue weighted by Crippen LogP contribution is -2.31. The van der Waals surface area contributed by atoms with Gasteiger partial charge in [-0.15, -0.1) is 0 Å². The van der Waals surface area contributed by atoms with Crippen LogP contribution >= 0.6 is 0 Å². The quantitative estimate of drug-likeness (QED) is 0.191. The molecule has 1 aromatic heterocycles. The van der Waals surface area contributed by atoms with Crippen LogP contribution in [0.1, 0.15) is 41.6 Å². The molecule has 2 aromatic rings. The first-order chi connectivity index (χ1) is 18.2. The molecule has 1 saturated heterocycles. The van der Waals surface area contributed by atoms with Gasteiger partial charge in [0.25, 0.3) is 5.91 Å². The largest absolute Gasteiger partial charge is 0.396 e. The van der Waals surface area contributed by atoms with Crippen molar-refractivity contribution in [3.8, 4) is 0 Å². The highest BCUT2D eigenvalue weighted by molar-refractivity contribution is 5.94. The predicted octanol–water partition coefficient (Wildman–Crippen LogP) is 0.990. The summed E-state index contributed by atoms with van der Waals surface area (Å²) in [5.41, 5.74) is 6.93. The normalized spacial score (nSPS) is 13.4. The minimum absolute atomic E-state index is 0.106. The second-order valence-electron chi connectivity index (χ2n) is 8.65. The number of carbonyl (C=O) groups is 1. The Morgan fingerprint density at radius 3 is 2.32 bits per heavy atom. The topological polar surface area (TPSA) is 160 Å². The maximum atomic E-state index is 12.4. The molecular weight excluding hydrogens is 476 g/mol. The van der Waals surface area contributed by atoms with Crippen LogP contribution in [0.25, 0.3) is 0 Å². The van der Waals surface area contributed by atoms with E-state index in [1.54, 1.807) is 12.1 Å². The third-order valence-electron chi connectivity index (χ3n) is 5.71. The molecule has 12 heteroatoms. The molecule has 12 nitrogen and oxygen atoms in total. The van der Waals surface area contributed by atoms with E-state index >= 15 is 0 Å². The fraction of sp³-hybridized carbons (Fsp3) is 0.600. The molecule has 204 valence electrons. The summed E-state index contributed by atoms with van der Waals surface area (Å²) in [6.45, 7) is 5.86. The number of hydrogen-bond donors (Lipinski definition) is 5. The molecule has 1 aromatic carbocycles. The van der Waals surface area contributed by atoms with Gasteiger partial charge in [-0.05, 0) is 43.4 Å². The number of nitrogens with two attached hydrogens (primary N) is 1. The summed E-state index contributed by atoms with van der Waals surface area (Å²) in [7, 11) is 0. The van der Waals surface area contributed by atoms with Crippen LogP contribution in [0, 0.1) is 0 Å². The van der Waals surface area contributed by atoms with Gasteiger partial charge in [0.2, 0.25) is 17.8 Å². The average Bonchev–Trinajstić information content (AvgIpc) is 2.94. The van der Waals surface area contributed by atoms with Gasteiger partial charge in [0.1, 0.15) is 0 Å². The van der Waals surface area contributed by atoms with E-state index in [4.69, 9.17) is 20.3 Å². The van der Waals surface area contributed by atoms with Crippen LogP contribution < -0.4 is 26.6 Å². The number of nitrogens with zero attached hydrogens (tertiary/aromatic N) is 4. The minimum atomic E-state index is -0.148. The zero-order valence-electron chi connectivity index (χ0n) is 21.5. The molecule has 1 amide bonds. The number of aliphatic hydroxyl groups is 1. The number of anilines is 3. The molecule has 0 bridgehead atoms. The van der Waals surface area contributed by atoms with Gasteiger partial charge < -0.3 is 41.2 Å². The number of hydrogen-bond acceptors (Lipinski definition) is 11. The number of aliphatic hydroxyl groups excluding tert-OH is 1. The zero-order chi connectivity index (χ0) is 26.1. The van der Waals surface area contributed by atoms with Crippen LogP contribution in [0.2, 0.25) is 0 Å². The maximum absolute atomic E-state index is 12.4. The van der Waals surface area contributed by atoms with E-state index < -0.39 is 0 Å². The third-order valence-corrected chi connectivity index (χ3v) is 5.71. The fourth-order valence-corrected chi connectivity index (χ4v) is 3.74. The van der Waals surface area contributed by atoms with Gasteiger partial charge in [-0.1, -0.05) is 12.1 Å². The first-order valence-electron chi connectivity index (χ1n) is 13.0. The third kappa shape index (κ3) is 10.4. The van der Waals surface area contributed by atoms with Crippen molar-refractivity contribution in [2.45, 2.75) is 32.2 Å². The molecule has 0 spiro atoms. The summed E-state index contributed by atoms with van der Waals surface area (Å²) in [5.74, 6) is 1.48. The summed E-state index contributed by atoms with van der Waals surface area (Å²) in [4.78, 5) is 28.2. The smallest absolute Gasteiger partial charge is 0.251 e. The zero-order valence-corrected chi connectivity index (χ0v) is 21.5. The van der Waals surface area contributed by atoms with Gasteiger partial charge >= 0.3 is 0 Å². The summed E-state index contributed by atoms with van der Waals surface area (Å²) in [5, 5.41) is 18.4. The molecule has 1 aliphatic rings. The Kier molecular flexibility index (Phi) is 12.8. The number of nitrogens with one attached hydrogen (secondary N) is 3. The fourth-order valence-electron chi connectivity index (χ4n) is 3.74. The monoisotopic (exact) mass is 516 g/mol. The lowest BCUT2D eigenvalue weighted by Gasteiger charge is -2.27. The molecule has 1 aliphatic heterocycles. The number of piperidine rings is 1. The number of benzene rings is 1. The summed E-state index contributed by atoms with van der Waals surface area (Å²) >= 11 is 0. The molecule has 0 radical (unpaired) electrons. The lowest BCUT2D eigenvalue weighted by molar-refractivity contribution is 0.0511. The van der Waals surface area contributed by atoms with Crippen molar-refractivity contribution in [1.29, 1.82) is 0 Å².